The lowest BCUT2D eigenvalue weighted by Crippen LogP contribution is -2.48. The standard InChI is InChI=1S/C27H26N4O3S.CH4/c32-27(31-18-16-30(17-19-31)20-21-6-2-1-3-7-21)23-11-13-24(14-12-23)35(33,34)29-25-10-4-8-22-9-5-15-28-26(22)25;/h1-15,29H,16-20H2;1H4. The fraction of sp³-hybridized carbons (Fsp3) is 0.214. The van der Waals surface area contributed by atoms with Gasteiger partial charge in [-0.3, -0.25) is 19.4 Å². The molecule has 0 bridgehead atoms. The van der Waals surface area contributed by atoms with Crippen LogP contribution in [-0.2, 0) is 16.6 Å². The van der Waals surface area contributed by atoms with Crippen LogP contribution in [0.2, 0.25) is 0 Å². The Morgan fingerprint density at radius 2 is 1.53 bits per heavy atom. The van der Waals surface area contributed by atoms with Crippen molar-refractivity contribution >= 4 is 32.5 Å². The topological polar surface area (TPSA) is 82.6 Å². The molecule has 1 amide bonds. The monoisotopic (exact) mass is 502 g/mol. The first kappa shape index (κ1) is 25.3. The van der Waals surface area contributed by atoms with Crippen molar-refractivity contribution in [1.29, 1.82) is 0 Å². The SMILES string of the molecule is C.O=C(c1ccc(S(=O)(=O)Nc2cccc3cccnc23)cc1)N1CCN(Cc2ccccc2)CC1. The van der Waals surface area contributed by atoms with Crippen molar-refractivity contribution < 1.29 is 13.2 Å². The van der Waals surface area contributed by atoms with E-state index in [0.717, 1.165) is 25.0 Å². The van der Waals surface area contributed by atoms with Crippen LogP contribution >= 0.6 is 0 Å². The minimum Gasteiger partial charge on any atom is -0.336 e. The smallest absolute Gasteiger partial charge is 0.261 e. The number of para-hydroxylation sites is 1. The Labute approximate surface area is 212 Å². The van der Waals surface area contributed by atoms with Crippen LogP contribution < -0.4 is 4.72 Å². The molecule has 2 heterocycles. The molecular weight excluding hydrogens is 472 g/mol. The fourth-order valence-electron chi connectivity index (χ4n) is 4.30. The fourth-order valence-corrected chi connectivity index (χ4v) is 5.37. The van der Waals surface area contributed by atoms with Gasteiger partial charge in [-0.15, -0.1) is 0 Å². The zero-order valence-electron chi connectivity index (χ0n) is 19.2. The van der Waals surface area contributed by atoms with E-state index in [0.29, 0.717) is 29.9 Å². The molecule has 4 aromatic rings. The molecule has 1 aliphatic rings. The van der Waals surface area contributed by atoms with Crippen molar-refractivity contribution in [3.8, 4) is 0 Å². The molecular formula is C28H30N4O3S. The van der Waals surface area contributed by atoms with Crippen LogP contribution in [0.15, 0.2) is 96.0 Å². The summed E-state index contributed by atoms with van der Waals surface area (Å²) < 4.78 is 28.6. The normalized spacial score (nSPS) is 14.3. The number of hydrogen-bond acceptors (Lipinski definition) is 5. The highest BCUT2D eigenvalue weighted by Crippen LogP contribution is 2.24. The Morgan fingerprint density at radius 3 is 2.25 bits per heavy atom. The summed E-state index contributed by atoms with van der Waals surface area (Å²) in [5.74, 6) is -0.0838. The number of carbonyl (C=O) groups is 1. The summed E-state index contributed by atoms with van der Waals surface area (Å²) in [6, 6.07) is 25.4. The average molecular weight is 503 g/mol. The molecule has 186 valence electrons. The number of aromatic nitrogens is 1. The number of anilines is 1. The first-order valence-corrected chi connectivity index (χ1v) is 13.0. The molecule has 1 fully saturated rings. The quantitative estimate of drug-likeness (QED) is 0.416. The summed E-state index contributed by atoms with van der Waals surface area (Å²) in [4.78, 5) is 21.5. The van der Waals surface area contributed by atoms with Crippen LogP contribution in [0.25, 0.3) is 10.9 Å². The molecule has 8 heteroatoms. The number of benzene rings is 3. The zero-order valence-corrected chi connectivity index (χ0v) is 20.0. The zero-order chi connectivity index (χ0) is 24.3. The Bertz CT molecular complexity index is 1430. The van der Waals surface area contributed by atoms with Gasteiger partial charge in [0.1, 0.15) is 0 Å². The molecule has 1 aliphatic heterocycles. The van der Waals surface area contributed by atoms with E-state index in [1.165, 1.54) is 17.7 Å². The molecule has 7 nitrogen and oxygen atoms in total. The van der Waals surface area contributed by atoms with E-state index in [4.69, 9.17) is 0 Å². The van der Waals surface area contributed by atoms with E-state index in [-0.39, 0.29) is 18.2 Å². The van der Waals surface area contributed by atoms with Crippen LogP contribution in [0.4, 0.5) is 5.69 Å². The van der Waals surface area contributed by atoms with E-state index in [9.17, 15) is 13.2 Å². The van der Waals surface area contributed by atoms with Crippen LogP contribution in [0.3, 0.4) is 0 Å². The largest absolute Gasteiger partial charge is 0.336 e. The van der Waals surface area contributed by atoms with Gasteiger partial charge in [0.05, 0.1) is 16.1 Å². The summed E-state index contributed by atoms with van der Waals surface area (Å²) in [6.45, 7) is 3.75. The Hall–Kier alpha value is -3.75. The number of pyridine rings is 1. The van der Waals surface area contributed by atoms with Gasteiger partial charge in [0.2, 0.25) is 0 Å². The van der Waals surface area contributed by atoms with Crippen molar-refractivity contribution in [2.75, 3.05) is 30.9 Å². The summed E-state index contributed by atoms with van der Waals surface area (Å²) in [5, 5.41) is 0.845. The number of hydrogen-bond donors (Lipinski definition) is 1. The molecule has 36 heavy (non-hydrogen) atoms. The average Bonchev–Trinajstić information content (AvgIpc) is 2.89. The van der Waals surface area contributed by atoms with Crippen LogP contribution in [-0.4, -0.2) is 55.3 Å². The minimum atomic E-state index is -3.83. The van der Waals surface area contributed by atoms with Gasteiger partial charge >= 0.3 is 0 Å². The number of sulfonamides is 1. The van der Waals surface area contributed by atoms with Gasteiger partial charge in [0.15, 0.2) is 0 Å². The number of nitrogens with one attached hydrogen (secondary N) is 1. The van der Waals surface area contributed by atoms with Gasteiger partial charge in [-0.25, -0.2) is 8.42 Å². The first-order chi connectivity index (χ1) is 17.0. The predicted molar refractivity (Wildman–Crippen MR) is 143 cm³/mol. The third kappa shape index (κ3) is 5.56. The third-order valence-electron chi connectivity index (χ3n) is 6.20. The maximum Gasteiger partial charge on any atom is 0.261 e. The van der Waals surface area contributed by atoms with Crippen molar-refractivity contribution in [2.45, 2.75) is 18.9 Å². The number of carbonyl (C=O) groups excluding carboxylic acids is 1. The van der Waals surface area contributed by atoms with Crippen molar-refractivity contribution in [1.82, 2.24) is 14.8 Å². The third-order valence-corrected chi connectivity index (χ3v) is 7.58. The van der Waals surface area contributed by atoms with E-state index in [1.54, 1.807) is 36.5 Å². The van der Waals surface area contributed by atoms with Crippen molar-refractivity contribution in [3.05, 3.63) is 102 Å². The molecule has 0 atom stereocenters. The Balaban J connectivity index is 0.00000304. The number of rotatable bonds is 6. The van der Waals surface area contributed by atoms with E-state index < -0.39 is 10.0 Å². The Kier molecular flexibility index (Phi) is 7.67. The van der Waals surface area contributed by atoms with Crippen LogP contribution in [0.1, 0.15) is 23.3 Å². The molecule has 0 unspecified atom stereocenters. The number of piperazine rings is 1. The summed E-state index contributed by atoms with van der Waals surface area (Å²) in [6.07, 6.45) is 1.63. The Morgan fingerprint density at radius 1 is 0.833 bits per heavy atom. The van der Waals surface area contributed by atoms with E-state index >= 15 is 0 Å². The molecule has 1 N–H and O–H groups in total. The number of amides is 1. The summed E-state index contributed by atoms with van der Waals surface area (Å²) >= 11 is 0. The van der Waals surface area contributed by atoms with Gasteiger partial charge in [-0.1, -0.05) is 56.0 Å². The molecule has 1 saturated heterocycles. The number of nitrogens with zero attached hydrogens (tertiary/aromatic N) is 3. The molecule has 3 aromatic carbocycles. The second-order valence-electron chi connectivity index (χ2n) is 8.56. The second kappa shape index (κ2) is 10.9. The molecule has 0 radical (unpaired) electrons. The lowest BCUT2D eigenvalue weighted by molar-refractivity contribution is 0.0628. The summed E-state index contributed by atoms with van der Waals surface area (Å²) in [5.41, 5.74) is 2.73. The molecule has 1 aromatic heterocycles. The van der Waals surface area contributed by atoms with Gasteiger partial charge in [0.25, 0.3) is 15.9 Å². The van der Waals surface area contributed by atoms with Gasteiger partial charge in [-0.2, -0.15) is 0 Å². The first-order valence-electron chi connectivity index (χ1n) is 11.5. The summed E-state index contributed by atoms with van der Waals surface area (Å²) in [7, 11) is -3.83. The predicted octanol–water partition coefficient (Wildman–Crippen LogP) is 4.63. The van der Waals surface area contributed by atoms with Gasteiger partial charge in [-0.05, 0) is 42.0 Å². The molecule has 0 spiro atoms. The molecule has 0 aliphatic carbocycles. The van der Waals surface area contributed by atoms with Crippen molar-refractivity contribution in [3.63, 3.8) is 0 Å². The van der Waals surface area contributed by atoms with E-state index in [1.807, 2.05) is 35.2 Å². The highest BCUT2D eigenvalue weighted by Gasteiger charge is 2.23. The lowest BCUT2D eigenvalue weighted by Gasteiger charge is -2.34. The minimum absolute atomic E-state index is 0. The highest BCUT2D eigenvalue weighted by atomic mass is 32.2. The lowest BCUT2D eigenvalue weighted by atomic mass is 10.1. The highest BCUT2D eigenvalue weighted by molar-refractivity contribution is 7.92. The van der Waals surface area contributed by atoms with E-state index in [2.05, 4.69) is 26.7 Å². The molecule has 5 rings (SSSR count). The second-order valence-corrected chi connectivity index (χ2v) is 10.2. The van der Waals surface area contributed by atoms with Crippen LogP contribution in [0.5, 0.6) is 0 Å². The maximum absolute atomic E-state index is 13.0. The molecule has 0 saturated carbocycles. The van der Waals surface area contributed by atoms with Gasteiger partial charge < -0.3 is 4.90 Å². The maximum atomic E-state index is 13.0. The number of fused-ring (bicyclic) bond motifs is 1. The van der Waals surface area contributed by atoms with Gasteiger partial charge in [0, 0.05) is 49.9 Å². The van der Waals surface area contributed by atoms with Crippen molar-refractivity contribution in [2.24, 2.45) is 0 Å². The van der Waals surface area contributed by atoms with Crippen LogP contribution in [0, 0.1) is 0 Å².